The van der Waals surface area contributed by atoms with Crippen LogP contribution < -0.4 is 11.3 Å². The zero-order valence-electron chi connectivity index (χ0n) is 12.5. The molecule has 0 aliphatic carbocycles. The van der Waals surface area contributed by atoms with E-state index in [9.17, 15) is 0 Å². The Bertz CT molecular complexity index is 610. The number of rotatable bonds is 4. The number of nitrogens with one attached hydrogen (secondary N) is 1. The summed E-state index contributed by atoms with van der Waals surface area (Å²) in [5.41, 5.74) is 9.42. The van der Waals surface area contributed by atoms with Crippen LogP contribution in [-0.2, 0) is 6.42 Å². The smallest absolute Gasteiger partial charge is 0.0501 e. The second-order valence-electron chi connectivity index (χ2n) is 5.50. The molecule has 2 rings (SSSR count). The Hall–Kier alpha value is -0.680. The number of hydrogen-bond acceptors (Lipinski definition) is 2. The van der Waals surface area contributed by atoms with Gasteiger partial charge in [0.25, 0.3) is 0 Å². The Morgan fingerprint density at radius 2 is 1.48 bits per heavy atom. The van der Waals surface area contributed by atoms with Crippen molar-refractivity contribution < 1.29 is 0 Å². The maximum absolute atomic E-state index is 5.80. The molecule has 1 atom stereocenters. The van der Waals surface area contributed by atoms with Crippen LogP contribution in [-0.4, -0.2) is 0 Å². The molecule has 3 N–H and O–H groups in total. The van der Waals surface area contributed by atoms with E-state index in [1.807, 2.05) is 6.07 Å². The highest BCUT2D eigenvalue weighted by atomic mass is 79.9. The predicted molar refractivity (Wildman–Crippen MR) is 96.3 cm³/mol. The van der Waals surface area contributed by atoms with Gasteiger partial charge in [-0.3, -0.25) is 11.3 Å². The number of halogens is 2. The van der Waals surface area contributed by atoms with Crippen LogP contribution in [0.1, 0.15) is 33.9 Å². The Balaban J connectivity index is 2.35. The van der Waals surface area contributed by atoms with Crippen molar-refractivity contribution >= 4 is 31.9 Å². The van der Waals surface area contributed by atoms with E-state index >= 15 is 0 Å². The minimum atomic E-state index is 0.0823. The fraction of sp³-hybridized carbons (Fsp3) is 0.294. The van der Waals surface area contributed by atoms with Gasteiger partial charge in [0, 0.05) is 8.95 Å². The predicted octanol–water partition coefficient (Wildman–Crippen LogP) is 4.88. The van der Waals surface area contributed by atoms with Crippen molar-refractivity contribution in [2.24, 2.45) is 5.84 Å². The van der Waals surface area contributed by atoms with Crippen LogP contribution in [0.15, 0.2) is 39.3 Å². The summed E-state index contributed by atoms with van der Waals surface area (Å²) in [6, 6.07) is 10.8. The van der Waals surface area contributed by atoms with E-state index in [0.717, 1.165) is 20.9 Å². The fourth-order valence-electron chi connectivity index (χ4n) is 2.79. The lowest BCUT2D eigenvalue weighted by Gasteiger charge is -2.20. The van der Waals surface area contributed by atoms with E-state index in [2.05, 4.69) is 82.3 Å². The summed E-state index contributed by atoms with van der Waals surface area (Å²) in [6.07, 6.45) is 0.872. The van der Waals surface area contributed by atoms with E-state index in [1.54, 1.807) is 0 Å². The molecule has 0 fully saturated rings. The summed E-state index contributed by atoms with van der Waals surface area (Å²) in [5, 5.41) is 0. The maximum atomic E-state index is 5.80. The molecular weight excluding hydrogens is 392 g/mol. The zero-order chi connectivity index (χ0) is 15.6. The summed E-state index contributed by atoms with van der Waals surface area (Å²) in [7, 11) is 0. The van der Waals surface area contributed by atoms with Crippen LogP contribution in [0.5, 0.6) is 0 Å². The summed E-state index contributed by atoms with van der Waals surface area (Å²) in [5.74, 6) is 5.80. The fourth-order valence-corrected chi connectivity index (χ4v) is 4.11. The molecule has 0 amide bonds. The highest BCUT2D eigenvalue weighted by Gasteiger charge is 2.15. The van der Waals surface area contributed by atoms with E-state index in [-0.39, 0.29) is 6.04 Å². The molecule has 1 unspecified atom stereocenters. The molecule has 0 spiro atoms. The van der Waals surface area contributed by atoms with Crippen LogP contribution in [0.2, 0.25) is 0 Å². The van der Waals surface area contributed by atoms with Gasteiger partial charge in [0.2, 0.25) is 0 Å². The van der Waals surface area contributed by atoms with Gasteiger partial charge in [-0.2, -0.15) is 0 Å². The van der Waals surface area contributed by atoms with Crippen molar-refractivity contribution in [3.63, 3.8) is 0 Å². The molecular formula is C17H20Br2N2. The second kappa shape index (κ2) is 7.05. The quantitative estimate of drug-likeness (QED) is 0.555. The molecule has 0 heterocycles. The first-order valence-electron chi connectivity index (χ1n) is 6.89. The summed E-state index contributed by atoms with van der Waals surface area (Å²) < 4.78 is 2.09. The standard InChI is InChI=1S/C17H20Br2N2/c1-10-4-11(2)16(12(3)5-10)9-17(21-20)13-6-14(18)8-15(19)7-13/h4-8,17,21H,9,20H2,1-3H3. The van der Waals surface area contributed by atoms with Crippen LogP contribution in [0, 0.1) is 20.8 Å². The minimum absolute atomic E-state index is 0.0823. The van der Waals surface area contributed by atoms with E-state index in [1.165, 1.54) is 22.3 Å². The second-order valence-corrected chi connectivity index (χ2v) is 7.33. The summed E-state index contributed by atoms with van der Waals surface area (Å²) >= 11 is 7.07. The van der Waals surface area contributed by atoms with Gasteiger partial charge in [-0.15, -0.1) is 0 Å². The molecule has 112 valence electrons. The Morgan fingerprint density at radius 1 is 0.952 bits per heavy atom. The Labute approximate surface area is 143 Å². The molecule has 0 aliphatic heterocycles. The van der Waals surface area contributed by atoms with Crippen LogP contribution in [0.4, 0.5) is 0 Å². The minimum Gasteiger partial charge on any atom is -0.271 e. The monoisotopic (exact) mass is 410 g/mol. The summed E-state index contributed by atoms with van der Waals surface area (Å²) in [4.78, 5) is 0. The Kier molecular flexibility index (Phi) is 5.60. The molecule has 21 heavy (non-hydrogen) atoms. The van der Waals surface area contributed by atoms with Gasteiger partial charge in [-0.05, 0) is 67.6 Å². The molecule has 0 aromatic heterocycles. The molecule has 2 aromatic rings. The van der Waals surface area contributed by atoms with Gasteiger partial charge in [-0.1, -0.05) is 49.6 Å². The third kappa shape index (κ3) is 4.16. The van der Waals surface area contributed by atoms with Crippen molar-refractivity contribution in [1.29, 1.82) is 0 Å². The third-order valence-electron chi connectivity index (χ3n) is 3.74. The first kappa shape index (κ1) is 16.7. The number of benzene rings is 2. The van der Waals surface area contributed by atoms with Gasteiger partial charge in [-0.25, -0.2) is 0 Å². The average molecular weight is 412 g/mol. The van der Waals surface area contributed by atoms with Crippen molar-refractivity contribution in [2.45, 2.75) is 33.2 Å². The normalized spacial score (nSPS) is 12.5. The third-order valence-corrected chi connectivity index (χ3v) is 4.65. The first-order valence-corrected chi connectivity index (χ1v) is 8.48. The molecule has 4 heteroatoms. The van der Waals surface area contributed by atoms with Crippen LogP contribution in [0.3, 0.4) is 0 Å². The average Bonchev–Trinajstić information content (AvgIpc) is 2.36. The number of hydrogen-bond donors (Lipinski definition) is 2. The van der Waals surface area contributed by atoms with Crippen LogP contribution in [0.25, 0.3) is 0 Å². The number of hydrazine groups is 1. The molecule has 0 aliphatic rings. The van der Waals surface area contributed by atoms with Crippen molar-refractivity contribution in [3.05, 3.63) is 67.1 Å². The lowest BCUT2D eigenvalue weighted by molar-refractivity contribution is 0.549. The topological polar surface area (TPSA) is 38.0 Å². The van der Waals surface area contributed by atoms with Gasteiger partial charge < -0.3 is 0 Å². The van der Waals surface area contributed by atoms with E-state index in [4.69, 9.17) is 5.84 Å². The molecule has 2 aromatic carbocycles. The first-order chi connectivity index (χ1) is 9.90. The molecule has 0 bridgehead atoms. The Morgan fingerprint density at radius 3 is 1.95 bits per heavy atom. The molecule has 0 saturated heterocycles. The number of aryl methyl sites for hydroxylation is 3. The van der Waals surface area contributed by atoms with E-state index < -0.39 is 0 Å². The molecule has 2 nitrogen and oxygen atoms in total. The van der Waals surface area contributed by atoms with Crippen molar-refractivity contribution in [3.8, 4) is 0 Å². The molecule has 0 radical (unpaired) electrons. The van der Waals surface area contributed by atoms with Crippen LogP contribution >= 0.6 is 31.9 Å². The highest BCUT2D eigenvalue weighted by molar-refractivity contribution is 9.11. The lowest BCUT2D eigenvalue weighted by Crippen LogP contribution is -2.30. The lowest BCUT2D eigenvalue weighted by atomic mass is 9.92. The maximum Gasteiger partial charge on any atom is 0.0501 e. The highest BCUT2D eigenvalue weighted by Crippen LogP contribution is 2.28. The van der Waals surface area contributed by atoms with E-state index in [0.29, 0.717) is 0 Å². The van der Waals surface area contributed by atoms with Crippen molar-refractivity contribution in [1.82, 2.24) is 5.43 Å². The van der Waals surface area contributed by atoms with Gasteiger partial charge >= 0.3 is 0 Å². The van der Waals surface area contributed by atoms with Gasteiger partial charge in [0.1, 0.15) is 0 Å². The molecule has 0 saturated carbocycles. The summed E-state index contributed by atoms with van der Waals surface area (Å²) in [6.45, 7) is 6.47. The SMILES string of the molecule is Cc1cc(C)c(CC(NN)c2cc(Br)cc(Br)c2)c(C)c1. The van der Waals surface area contributed by atoms with Gasteiger partial charge in [0.05, 0.1) is 6.04 Å². The van der Waals surface area contributed by atoms with Gasteiger partial charge in [0.15, 0.2) is 0 Å². The van der Waals surface area contributed by atoms with Crippen molar-refractivity contribution in [2.75, 3.05) is 0 Å². The number of nitrogens with two attached hydrogens (primary N) is 1. The largest absolute Gasteiger partial charge is 0.271 e. The zero-order valence-corrected chi connectivity index (χ0v) is 15.7.